The number of rotatable bonds is 7. The second-order valence-electron chi connectivity index (χ2n) is 8.12. The van der Waals surface area contributed by atoms with Gasteiger partial charge in [0.25, 0.3) is 0 Å². The zero-order valence-corrected chi connectivity index (χ0v) is 21.2. The molecule has 7 nitrogen and oxygen atoms in total. The number of ether oxygens (including phenoxy) is 1. The van der Waals surface area contributed by atoms with Crippen molar-refractivity contribution in [2.45, 2.75) is 58.0 Å². The highest BCUT2D eigenvalue weighted by Gasteiger charge is 2.51. The Labute approximate surface area is 205 Å². The van der Waals surface area contributed by atoms with E-state index in [0.717, 1.165) is 11.8 Å². The number of alkyl carbamates (subject to hydrolysis) is 1. The Balaban J connectivity index is 1.98. The molecule has 3 aromatic rings. The van der Waals surface area contributed by atoms with Crippen LogP contribution in [-0.2, 0) is 17.2 Å². The number of nitrogens with one attached hydrogen (secondary N) is 2. The van der Waals surface area contributed by atoms with Gasteiger partial charge in [0.2, 0.25) is 5.28 Å². The van der Waals surface area contributed by atoms with Crippen molar-refractivity contribution in [1.82, 2.24) is 15.3 Å². The number of carbonyl (C=O) groups is 1. The first-order valence-electron chi connectivity index (χ1n) is 9.73. The number of thiophene rings is 1. The largest absolute Gasteiger partial charge is 0.448 e. The zero-order valence-electron chi connectivity index (χ0n) is 18.0. The van der Waals surface area contributed by atoms with Crippen molar-refractivity contribution in [3.8, 4) is 0 Å². The first-order chi connectivity index (χ1) is 15.3. The number of amides is 1. The number of aromatic nitrogens is 2. The highest BCUT2D eigenvalue weighted by molar-refractivity contribution is 9.10. The number of hydrogen-bond donors (Lipinski definition) is 2. The number of nitrogens with zero attached hydrogens (tertiary/aromatic N) is 2. The lowest BCUT2D eigenvalue weighted by atomic mass is 10.0. The van der Waals surface area contributed by atoms with Gasteiger partial charge in [-0.05, 0) is 66.7 Å². The molecule has 180 valence electrons. The predicted molar refractivity (Wildman–Crippen MR) is 124 cm³/mol. The van der Waals surface area contributed by atoms with Crippen LogP contribution in [0.15, 0.2) is 26.4 Å². The van der Waals surface area contributed by atoms with Crippen molar-refractivity contribution in [3.63, 3.8) is 0 Å². The van der Waals surface area contributed by atoms with Crippen LogP contribution in [0.5, 0.6) is 0 Å². The molecular weight excluding hydrogens is 549 g/mol. The Hall–Kier alpha value is -2.05. The van der Waals surface area contributed by atoms with Gasteiger partial charge in [0, 0.05) is 4.88 Å². The van der Waals surface area contributed by atoms with Crippen molar-refractivity contribution in [3.05, 3.63) is 37.9 Å². The molecule has 3 rings (SSSR count). The van der Waals surface area contributed by atoms with Crippen LogP contribution < -0.4 is 10.6 Å². The molecule has 0 aromatic carbocycles. The molecule has 0 aliphatic rings. The first kappa shape index (κ1) is 25.6. The van der Waals surface area contributed by atoms with E-state index >= 15 is 8.78 Å². The molecule has 0 bridgehead atoms. The third-order valence-corrected chi connectivity index (χ3v) is 6.07. The van der Waals surface area contributed by atoms with Crippen molar-refractivity contribution in [2.24, 2.45) is 0 Å². The summed E-state index contributed by atoms with van der Waals surface area (Å²) < 4.78 is 55.4. The van der Waals surface area contributed by atoms with Gasteiger partial charge in [-0.15, -0.1) is 11.3 Å². The summed E-state index contributed by atoms with van der Waals surface area (Å²) in [7, 11) is 0. The highest BCUT2D eigenvalue weighted by Crippen LogP contribution is 2.44. The fourth-order valence-corrected chi connectivity index (χ4v) is 4.34. The third-order valence-electron chi connectivity index (χ3n) is 4.28. The maximum atomic E-state index is 15.5. The molecule has 33 heavy (non-hydrogen) atoms. The summed E-state index contributed by atoms with van der Waals surface area (Å²) in [5, 5.41) is 6.58. The molecule has 2 atom stereocenters. The SMILES string of the molecule is C[C@H](F)[C@H](NC(=O)OC(C)(C)C)C(F)(F)c1oc2c(NCc3cccs3)nc(Cl)nc2c1Br. The van der Waals surface area contributed by atoms with E-state index in [1.54, 1.807) is 20.8 Å². The Bertz CT molecular complexity index is 1140. The van der Waals surface area contributed by atoms with Crippen LogP contribution >= 0.6 is 38.9 Å². The average molecular weight is 570 g/mol. The Kier molecular flexibility index (Phi) is 7.49. The van der Waals surface area contributed by atoms with Crippen LogP contribution in [0, 0.1) is 0 Å². The van der Waals surface area contributed by atoms with E-state index in [1.807, 2.05) is 22.8 Å². The minimum atomic E-state index is -3.98. The van der Waals surface area contributed by atoms with Gasteiger partial charge < -0.3 is 19.8 Å². The molecule has 0 radical (unpaired) electrons. The Morgan fingerprint density at radius 3 is 2.64 bits per heavy atom. The van der Waals surface area contributed by atoms with E-state index in [-0.39, 0.29) is 26.7 Å². The number of furan rings is 1. The maximum Gasteiger partial charge on any atom is 0.408 e. The van der Waals surface area contributed by atoms with Gasteiger partial charge in [0.1, 0.15) is 23.3 Å². The summed E-state index contributed by atoms with van der Waals surface area (Å²) in [6.45, 7) is 5.91. The smallest absolute Gasteiger partial charge is 0.408 e. The molecule has 0 aliphatic carbocycles. The van der Waals surface area contributed by atoms with E-state index in [0.29, 0.717) is 6.54 Å². The van der Waals surface area contributed by atoms with Crippen molar-refractivity contribution in [1.29, 1.82) is 0 Å². The standard InChI is InChI=1S/C20H21BrClF3N4O3S/c1-9(23)14(28-18(30)32-19(2,3)4)20(24,25)15-11(21)12-13(31-15)16(29-17(22)27-12)26-8-10-6-5-7-33-10/h5-7,9,14H,8H2,1-4H3,(H,28,30)(H,26,27,29)/t9-,14-/m0/s1. The van der Waals surface area contributed by atoms with E-state index in [1.165, 1.54) is 11.3 Å². The van der Waals surface area contributed by atoms with Crippen molar-refractivity contribution in [2.75, 3.05) is 5.32 Å². The molecular formula is C20H21BrClF3N4O3S. The first-order valence-corrected chi connectivity index (χ1v) is 11.8. The summed E-state index contributed by atoms with van der Waals surface area (Å²) in [6.07, 6.45) is -3.34. The lowest BCUT2D eigenvalue weighted by Gasteiger charge is -2.29. The average Bonchev–Trinajstić information content (AvgIpc) is 3.31. The van der Waals surface area contributed by atoms with Crippen LogP contribution in [0.4, 0.5) is 23.8 Å². The fraction of sp³-hybridized carbons (Fsp3) is 0.450. The lowest BCUT2D eigenvalue weighted by molar-refractivity contribution is -0.0821. The van der Waals surface area contributed by atoms with E-state index in [4.69, 9.17) is 20.8 Å². The summed E-state index contributed by atoms with van der Waals surface area (Å²) >= 11 is 10.5. The number of halogens is 5. The lowest BCUT2D eigenvalue weighted by Crippen LogP contribution is -2.52. The normalized spacial score (nSPS) is 14.2. The summed E-state index contributed by atoms with van der Waals surface area (Å²) in [5.41, 5.74) is -1.08. The molecule has 3 aromatic heterocycles. The van der Waals surface area contributed by atoms with Crippen molar-refractivity contribution >= 4 is 61.9 Å². The Morgan fingerprint density at radius 1 is 1.36 bits per heavy atom. The molecule has 0 saturated carbocycles. The van der Waals surface area contributed by atoms with E-state index < -0.39 is 35.6 Å². The third kappa shape index (κ3) is 5.90. The van der Waals surface area contributed by atoms with E-state index in [9.17, 15) is 9.18 Å². The molecule has 13 heteroatoms. The molecule has 1 amide bonds. The molecule has 0 spiro atoms. The fourth-order valence-electron chi connectivity index (χ4n) is 2.91. The summed E-state index contributed by atoms with van der Waals surface area (Å²) in [6, 6.07) is 1.46. The topological polar surface area (TPSA) is 89.3 Å². The van der Waals surface area contributed by atoms with Crippen molar-refractivity contribution < 1.29 is 27.1 Å². The molecule has 3 heterocycles. The van der Waals surface area contributed by atoms with Crippen LogP contribution in [0.1, 0.15) is 38.3 Å². The quantitative estimate of drug-likeness (QED) is 0.310. The summed E-state index contributed by atoms with van der Waals surface area (Å²) in [4.78, 5) is 21.0. The number of carbonyl (C=O) groups excluding carboxylic acids is 1. The molecule has 0 unspecified atom stereocenters. The van der Waals surface area contributed by atoms with Gasteiger partial charge in [-0.2, -0.15) is 13.8 Å². The van der Waals surface area contributed by atoms with Gasteiger partial charge in [-0.3, -0.25) is 0 Å². The Morgan fingerprint density at radius 2 is 2.06 bits per heavy atom. The van der Waals surface area contributed by atoms with Crippen LogP contribution in [0.25, 0.3) is 11.1 Å². The number of fused-ring (bicyclic) bond motifs is 1. The van der Waals surface area contributed by atoms with E-state index in [2.05, 4.69) is 31.2 Å². The molecule has 2 N–H and O–H groups in total. The predicted octanol–water partition coefficient (Wildman–Crippen LogP) is 6.66. The van der Waals surface area contributed by atoms with Crippen LogP contribution in [0.2, 0.25) is 5.28 Å². The van der Waals surface area contributed by atoms with Gasteiger partial charge >= 0.3 is 12.0 Å². The van der Waals surface area contributed by atoms with Gasteiger partial charge in [0.15, 0.2) is 17.2 Å². The number of alkyl halides is 3. The van der Waals surface area contributed by atoms with Gasteiger partial charge in [-0.1, -0.05) is 6.07 Å². The second kappa shape index (κ2) is 9.67. The van der Waals surface area contributed by atoms with Gasteiger partial charge in [-0.25, -0.2) is 14.2 Å². The maximum absolute atomic E-state index is 15.5. The molecule has 0 saturated heterocycles. The van der Waals surface area contributed by atoms with Crippen LogP contribution in [0.3, 0.4) is 0 Å². The van der Waals surface area contributed by atoms with Crippen LogP contribution in [-0.4, -0.2) is 33.9 Å². The second-order valence-corrected chi connectivity index (χ2v) is 10.3. The summed E-state index contributed by atoms with van der Waals surface area (Å²) in [5.74, 6) is -4.83. The monoisotopic (exact) mass is 568 g/mol. The van der Waals surface area contributed by atoms with Gasteiger partial charge in [0.05, 0.1) is 11.0 Å². The minimum absolute atomic E-state index is 0.0270. The minimum Gasteiger partial charge on any atom is -0.448 e. The zero-order chi connectivity index (χ0) is 24.6. The molecule has 0 aliphatic heterocycles. The highest BCUT2D eigenvalue weighted by atomic mass is 79.9. The number of anilines is 1. The number of hydrogen-bond acceptors (Lipinski definition) is 7. The molecule has 0 fully saturated rings.